The molecule has 1 aliphatic carbocycles. The smallest absolute Gasteiger partial charge is 0.270 e. The summed E-state index contributed by atoms with van der Waals surface area (Å²) in [6.07, 6.45) is 0.998. The SMILES string of the molecule is CC1(C)C/C(=N/O)CC(C)(S(=O)(=O)O)C1.[Na]. The zero-order chi connectivity index (χ0) is 11.9. The van der Waals surface area contributed by atoms with Crippen LogP contribution in [0.15, 0.2) is 5.16 Å². The van der Waals surface area contributed by atoms with Crippen molar-refractivity contribution >= 4 is 45.4 Å². The molecule has 1 unspecified atom stereocenters. The minimum Gasteiger partial charge on any atom is -0.411 e. The van der Waals surface area contributed by atoms with Crippen LogP contribution < -0.4 is 0 Å². The first-order valence-electron chi connectivity index (χ1n) is 4.76. The van der Waals surface area contributed by atoms with Crippen LogP contribution in [0.3, 0.4) is 0 Å². The molecule has 0 saturated heterocycles. The normalized spacial score (nSPS) is 32.1. The summed E-state index contributed by atoms with van der Waals surface area (Å²) in [5, 5.41) is 11.8. The molecule has 1 fully saturated rings. The predicted molar refractivity (Wildman–Crippen MR) is 62.6 cm³/mol. The van der Waals surface area contributed by atoms with E-state index in [2.05, 4.69) is 5.16 Å². The Kier molecular flexibility index (Phi) is 5.05. The third-order valence-electron chi connectivity index (χ3n) is 2.88. The standard InChI is InChI=1S/C9H17NO4S.Na/c1-8(2)4-7(10-11)5-9(3,6-8)15(12,13)14;/h11H,4-6H2,1-3H3,(H,12,13,14);/b10-7-;. The van der Waals surface area contributed by atoms with Gasteiger partial charge in [-0.2, -0.15) is 8.42 Å². The second kappa shape index (κ2) is 4.94. The zero-order valence-electron chi connectivity index (χ0n) is 10.2. The molecule has 0 aliphatic heterocycles. The van der Waals surface area contributed by atoms with E-state index in [9.17, 15) is 13.0 Å². The van der Waals surface area contributed by atoms with E-state index >= 15 is 0 Å². The number of hydrogen-bond donors (Lipinski definition) is 2. The second-order valence-corrected chi connectivity index (χ2v) is 7.22. The van der Waals surface area contributed by atoms with Crippen LogP contribution in [0.4, 0.5) is 0 Å². The maximum atomic E-state index is 11.3. The molecular formula is C9H17NNaO4S. The molecule has 2 N–H and O–H groups in total. The number of rotatable bonds is 1. The van der Waals surface area contributed by atoms with Gasteiger partial charge >= 0.3 is 0 Å². The van der Waals surface area contributed by atoms with Gasteiger partial charge in [-0.1, -0.05) is 19.0 Å². The first-order valence-corrected chi connectivity index (χ1v) is 6.21. The van der Waals surface area contributed by atoms with Crippen LogP contribution in [-0.4, -0.2) is 58.2 Å². The minimum atomic E-state index is -4.13. The van der Waals surface area contributed by atoms with Crippen LogP contribution in [0.5, 0.6) is 0 Å². The Balaban J connectivity index is 0.00000225. The van der Waals surface area contributed by atoms with Crippen LogP contribution >= 0.6 is 0 Å². The van der Waals surface area contributed by atoms with Crippen molar-refractivity contribution in [3.05, 3.63) is 0 Å². The zero-order valence-corrected chi connectivity index (χ0v) is 13.0. The van der Waals surface area contributed by atoms with Crippen LogP contribution in [-0.2, 0) is 10.1 Å². The van der Waals surface area contributed by atoms with Gasteiger partial charge in [-0.25, -0.2) is 0 Å². The molecule has 0 heterocycles. The molecule has 0 aromatic rings. The van der Waals surface area contributed by atoms with E-state index in [1.165, 1.54) is 6.92 Å². The van der Waals surface area contributed by atoms with Crippen molar-refractivity contribution < 1.29 is 18.2 Å². The van der Waals surface area contributed by atoms with Crippen molar-refractivity contribution in [2.75, 3.05) is 0 Å². The van der Waals surface area contributed by atoms with Crippen LogP contribution in [0.25, 0.3) is 0 Å². The van der Waals surface area contributed by atoms with Gasteiger partial charge in [0.15, 0.2) is 0 Å². The average molecular weight is 258 g/mol. The van der Waals surface area contributed by atoms with E-state index in [4.69, 9.17) is 5.21 Å². The van der Waals surface area contributed by atoms with Crippen LogP contribution in [0.2, 0.25) is 0 Å². The van der Waals surface area contributed by atoms with E-state index < -0.39 is 14.9 Å². The maximum Gasteiger partial charge on any atom is 0.270 e. The molecule has 1 rings (SSSR count). The van der Waals surface area contributed by atoms with E-state index in [0.29, 0.717) is 18.6 Å². The van der Waals surface area contributed by atoms with Crippen molar-refractivity contribution in [1.82, 2.24) is 0 Å². The summed E-state index contributed by atoms with van der Waals surface area (Å²) in [6.45, 7) is 5.26. The topological polar surface area (TPSA) is 87.0 Å². The molecule has 7 heteroatoms. The predicted octanol–water partition coefficient (Wildman–Crippen LogP) is 1.29. The summed E-state index contributed by atoms with van der Waals surface area (Å²) in [7, 11) is -4.13. The average Bonchev–Trinajstić information content (AvgIpc) is 1.98. The van der Waals surface area contributed by atoms with Crippen LogP contribution in [0, 0.1) is 5.41 Å². The summed E-state index contributed by atoms with van der Waals surface area (Å²) in [4.78, 5) is 0. The van der Waals surface area contributed by atoms with Gasteiger partial charge in [0.25, 0.3) is 10.1 Å². The number of nitrogens with zero attached hydrogens (tertiary/aromatic N) is 1. The van der Waals surface area contributed by atoms with Gasteiger partial charge < -0.3 is 5.21 Å². The molecule has 1 saturated carbocycles. The van der Waals surface area contributed by atoms with Crippen molar-refractivity contribution in [3.8, 4) is 0 Å². The van der Waals surface area contributed by atoms with Gasteiger partial charge in [-0.15, -0.1) is 0 Å². The van der Waals surface area contributed by atoms with Gasteiger partial charge in [-0.05, 0) is 25.2 Å². The summed E-state index contributed by atoms with van der Waals surface area (Å²) < 4.78 is 30.5. The fourth-order valence-corrected chi connectivity index (χ4v) is 3.36. The second-order valence-electron chi connectivity index (χ2n) is 5.29. The molecule has 16 heavy (non-hydrogen) atoms. The van der Waals surface area contributed by atoms with Gasteiger partial charge in [0.05, 0.1) is 5.71 Å². The summed E-state index contributed by atoms with van der Waals surface area (Å²) in [5.41, 5.74) is 0.135. The molecule has 0 aromatic carbocycles. The van der Waals surface area contributed by atoms with E-state index in [-0.39, 0.29) is 41.4 Å². The fraction of sp³-hybridized carbons (Fsp3) is 0.889. The molecule has 0 spiro atoms. The summed E-state index contributed by atoms with van der Waals surface area (Å²) in [5.74, 6) is 0. The quantitative estimate of drug-likeness (QED) is 0.321. The van der Waals surface area contributed by atoms with E-state index in [1.807, 2.05) is 13.8 Å². The molecule has 0 aromatic heterocycles. The van der Waals surface area contributed by atoms with E-state index in [1.54, 1.807) is 0 Å². The molecule has 1 aliphatic rings. The van der Waals surface area contributed by atoms with Gasteiger partial charge in [0.2, 0.25) is 0 Å². The molecule has 1 radical (unpaired) electrons. The van der Waals surface area contributed by atoms with Gasteiger partial charge in [0.1, 0.15) is 4.75 Å². The summed E-state index contributed by atoms with van der Waals surface area (Å²) >= 11 is 0. The molecule has 0 amide bonds. The molecule has 0 bridgehead atoms. The van der Waals surface area contributed by atoms with Gasteiger partial charge in [-0.3, -0.25) is 4.55 Å². The Morgan fingerprint density at radius 2 is 1.75 bits per heavy atom. The molecule has 1 atom stereocenters. The largest absolute Gasteiger partial charge is 0.411 e. The monoisotopic (exact) mass is 258 g/mol. The van der Waals surface area contributed by atoms with Crippen molar-refractivity contribution in [2.45, 2.75) is 44.8 Å². The van der Waals surface area contributed by atoms with Crippen molar-refractivity contribution in [2.24, 2.45) is 10.6 Å². The van der Waals surface area contributed by atoms with Crippen molar-refractivity contribution in [1.29, 1.82) is 0 Å². The number of oxime groups is 1. The minimum absolute atomic E-state index is 0. The number of hydrogen-bond acceptors (Lipinski definition) is 4. The maximum absolute atomic E-state index is 11.3. The van der Waals surface area contributed by atoms with Crippen molar-refractivity contribution in [3.63, 3.8) is 0 Å². The summed E-state index contributed by atoms with van der Waals surface area (Å²) in [6, 6.07) is 0. The molecule has 89 valence electrons. The van der Waals surface area contributed by atoms with Crippen LogP contribution in [0.1, 0.15) is 40.0 Å². The first kappa shape index (κ1) is 16.4. The Morgan fingerprint density at radius 3 is 2.12 bits per heavy atom. The van der Waals surface area contributed by atoms with Gasteiger partial charge in [0, 0.05) is 36.0 Å². The third kappa shape index (κ3) is 3.43. The Bertz CT molecular complexity index is 390. The first-order chi connectivity index (χ1) is 6.60. The fourth-order valence-electron chi connectivity index (χ4n) is 2.44. The molecule has 5 nitrogen and oxygen atoms in total. The Morgan fingerprint density at radius 1 is 1.25 bits per heavy atom. The Hall–Kier alpha value is 0.380. The third-order valence-corrected chi connectivity index (χ3v) is 4.41. The Labute approximate surface area is 118 Å². The van der Waals surface area contributed by atoms with E-state index in [0.717, 1.165) is 0 Å². The molecular weight excluding hydrogens is 241 g/mol.